The van der Waals surface area contributed by atoms with E-state index in [9.17, 15) is 21.6 Å². The fraction of sp³-hybridized carbons (Fsp3) is 0.185. The van der Waals surface area contributed by atoms with Gasteiger partial charge in [-0.05, 0) is 54.8 Å². The van der Waals surface area contributed by atoms with E-state index in [4.69, 9.17) is 5.14 Å². The number of carbonyl (C=O) groups excluding carboxylic acids is 1. The predicted molar refractivity (Wildman–Crippen MR) is 148 cm³/mol. The maximum absolute atomic E-state index is 16.7. The number of sulfone groups is 1. The van der Waals surface area contributed by atoms with Crippen molar-refractivity contribution < 1.29 is 26.0 Å². The van der Waals surface area contributed by atoms with E-state index in [1.54, 1.807) is 60.7 Å². The third kappa shape index (κ3) is 5.12. The molecule has 2 N–H and O–H groups in total. The van der Waals surface area contributed by atoms with Crippen LogP contribution >= 0.6 is 11.3 Å². The van der Waals surface area contributed by atoms with Crippen molar-refractivity contribution in [3.63, 3.8) is 0 Å². The summed E-state index contributed by atoms with van der Waals surface area (Å²) in [5.41, 5.74) is -0.943. The predicted octanol–water partition coefficient (Wildman–Crippen LogP) is 4.52. The molecule has 1 unspecified atom stereocenters. The number of pyridine rings is 1. The molecule has 39 heavy (non-hydrogen) atoms. The third-order valence-electron chi connectivity index (χ3n) is 6.56. The molecule has 0 aliphatic carbocycles. The lowest BCUT2D eigenvalue weighted by atomic mass is 9.87. The molecule has 0 saturated carbocycles. The lowest BCUT2D eigenvalue weighted by molar-refractivity contribution is -0.133. The van der Waals surface area contributed by atoms with Gasteiger partial charge in [0.05, 0.1) is 15.5 Å². The molecule has 3 heterocycles. The molecule has 202 valence electrons. The number of thiophene rings is 1. The van der Waals surface area contributed by atoms with Gasteiger partial charge in [0, 0.05) is 35.8 Å². The van der Waals surface area contributed by atoms with Crippen molar-refractivity contribution in [2.45, 2.75) is 27.6 Å². The van der Waals surface area contributed by atoms with Crippen LogP contribution in [-0.4, -0.2) is 40.5 Å². The third-order valence-corrected chi connectivity index (χ3v) is 10.4. The molecule has 1 amide bonds. The van der Waals surface area contributed by atoms with E-state index < -0.39 is 35.6 Å². The number of benzene rings is 2. The van der Waals surface area contributed by atoms with Crippen LogP contribution in [0.3, 0.4) is 0 Å². The Morgan fingerprint density at radius 3 is 2.33 bits per heavy atom. The molecular weight excluding hydrogens is 562 g/mol. The van der Waals surface area contributed by atoms with Crippen LogP contribution in [0, 0.1) is 0 Å². The van der Waals surface area contributed by atoms with E-state index in [0.29, 0.717) is 27.4 Å². The molecule has 0 spiro atoms. The number of rotatable bonds is 6. The first-order chi connectivity index (χ1) is 18.4. The summed E-state index contributed by atoms with van der Waals surface area (Å²) >= 11 is 0.778. The molecule has 1 aliphatic rings. The first kappa shape index (κ1) is 27.1. The summed E-state index contributed by atoms with van der Waals surface area (Å²) in [6.45, 7) is 0.228. The second kappa shape index (κ2) is 9.94. The highest BCUT2D eigenvalue weighted by Crippen LogP contribution is 2.46. The summed E-state index contributed by atoms with van der Waals surface area (Å²) in [4.78, 5) is 19.7. The van der Waals surface area contributed by atoms with E-state index in [1.807, 2.05) is 0 Å². The molecule has 0 radical (unpaired) electrons. The lowest BCUT2D eigenvalue weighted by Gasteiger charge is -2.36. The number of alkyl halides is 1. The molecular formula is C27H24FN3O5S3. The smallest absolute Gasteiger partial charge is 0.269 e. The normalized spacial score (nSPS) is 18.3. The van der Waals surface area contributed by atoms with Crippen LogP contribution in [0.25, 0.3) is 21.7 Å². The van der Waals surface area contributed by atoms with E-state index >= 15 is 4.39 Å². The monoisotopic (exact) mass is 585 g/mol. The summed E-state index contributed by atoms with van der Waals surface area (Å²) < 4.78 is 65.6. The van der Waals surface area contributed by atoms with Crippen molar-refractivity contribution in [2.24, 2.45) is 5.14 Å². The number of carbonyl (C=O) groups is 1. The average Bonchev–Trinajstić information content (AvgIpc) is 3.38. The number of piperidine rings is 1. The Balaban J connectivity index is 1.52. The standard InChI is InChI=1S/C27H24FN3O5S3/c1-38(33,34)24-9-3-2-7-20(24)18-10-12-19(13-11-18)31-16-6-14-27(28,26(31)32)21-17-23(22-8-4-5-15-30-22)37-25(21)39(29,35)36/h2-5,7-13,15,17H,6,14,16H2,1H3,(H2,29,35,36). The van der Waals surface area contributed by atoms with Gasteiger partial charge in [-0.3, -0.25) is 9.78 Å². The van der Waals surface area contributed by atoms with Gasteiger partial charge in [-0.1, -0.05) is 36.4 Å². The molecule has 0 bridgehead atoms. The van der Waals surface area contributed by atoms with Crippen LogP contribution in [0.4, 0.5) is 10.1 Å². The minimum atomic E-state index is -4.34. The summed E-state index contributed by atoms with van der Waals surface area (Å²) in [7, 11) is -7.81. The molecule has 1 atom stereocenters. The minimum absolute atomic E-state index is 0.172. The molecule has 12 heteroatoms. The summed E-state index contributed by atoms with van der Waals surface area (Å²) in [6.07, 6.45) is 2.73. The first-order valence-corrected chi connectivity index (χ1v) is 16.1. The maximum atomic E-state index is 16.7. The van der Waals surface area contributed by atoms with Crippen LogP contribution in [0.5, 0.6) is 0 Å². The van der Waals surface area contributed by atoms with Gasteiger partial charge in [-0.15, -0.1) is 11.3 Å². The maximum Gasteiger partial charge on any atom is 0.269 e. The van der Waals surface area contributed by atoms with Crippen LogP contribution in [0.15, 0.2) is 88.1 Å². The van der Waals surface area contributed by atoms with Gasteiger partial charge < -0.3 is 4.90 Å². The number of nitrogens with zero attached hydrogens (tertiary/aromatic N) is 2. The van der Waals surface area contributed by atoms with Crippen LogP contribution in [0.1, 0.15) is 18.4 Å². The average molecular weight is 586 g/mol. The Labute approximate surface area is 229 Å². The minimum Gasteiger partial charge on any atom is -0.309 e. The zero-order valence-corrected chi connectivity index (χ0v) is 23.2. The Hall–Kier alpha value is -3.45. The Bertz CT molecular complexity index is 1770. The Morgan fingerprint density at radius 1 is 1.00 bits per heavy atom. The second-order valence-corrected chi connectivity index (χ2v) is 14.0. The van der Waals surface area contributed by atoms with Crippen molar-refractivity contribution in [2.75, 3.05) is 17.7 Å². The van der Waals surface area contributed by atoms with E-state index in [1.165, 1.54) is 23.2 Å². The molecule has 8 nitrogen and oxygen atoms in total. The largest absolute Gasteiger partial charge is 0.309 e. The highest BCUT2D eigenvalue weighted by atomic mass is 32.2. The number of nitrogens with two attached hydrogens (primary N) is 1. The van der Waals surface area contributed by atoms with Crippen LogP contribution < -0.4 is 10.0 Å². The zero-order valence-electron chi connectivity index (χ0n) is 20.7. The summed E-state index contributed by atoms with van der Waals surface area (Å²) in [5.74, 6) is -0.895. The number of anilines is 1. The summed E-state index contributed by atoms with van der Waals surface area (Å²) in [5, 5.41) is 5.45. The lowest BCUT2D eigenvalue weighted by Crippen LogP contribution is -2.49. The van der Waals surface area contributed by atoms with Gasteiger partial charge in [0.2, 0.25) is 15.7 Å². The van der Waals surface area contributed by atoms with Gasteiger partial charge in [-0.2, -0.15) is 0 Å². The molecule has 5 rings (SSSR count). The van der Waals surface area contributed by atoms with Crippen molar-refractivity contribution in [3.8, 4) is 21.7 Å². The molecule has 2 aromatic heterocycles. The molecule has 2 aromatic carbocycles. The number of primary sulfonamides is 1. The topological polar surface area (TPSA) is 128 Å². The van der Waals surface area contributed by atoms with Gasteiger partial charge in [0.15, 0.2) is 9.84 Å². The zero-order chi connectivity index (χ0) is 28.0. The first-order valence-electron chi connectivity index (χ1n) is 11.9. The number of aromatic nitrogens is 1. The van der Waals surface area contributed by atoms with Crippen LogP contribution in [-0.2, 0) is 30.3 Å². The summed E-state index contributed by atoms with van der Waals surface area (Å²) in [6, 6.07) is 19.6. The van der Waals surface area contributed by atoms with Crippen molar-refractivity contribution in [1.82, 2.24) is 4.98 Å². The van der Waals surface area contributed by atoms with E-state index in [-0.39, 0.29) is 29.8 Å². The molecule has 4 aromatic rings. The van der Waals surface area contributed by atoms with Gasteiger partial charge in [0.25, 0.3) is 5.91 Å². The number of hydrogen-bond acceptors (Lipinski definition) is 7. The molecule has 1 aliphatic heterocycles. The van der Waals surface area contributed by atoms with E-state index in [0.717, 1.165) is 17.6 Å². The van der Waals surface area contributed by atoms with Crippen molar-refractivity contribution in [1.29, 1.82) is 0 Å². The number of sulfonamides is 1. The van der Waals surface area contributed by atoms with Crippen molar-refractivity contribution in [3.05, 3.63) is 84.6 Å². The van der Waals surface area contributed by atoms with E-state index in [2.05, 4.69) is 4.98 Å². The fourth-order valence-electron chi connectivity index (χ4n) is 4.75. The van der Waals surface area contributed by atoms with Gasteiger partial charge in [0.1, 0.15) is 4.21 Å². The van der Waals surface area contributed by atoms with Gasteiger partial charge >= 0.3 is 0 Å². The Morgan fingerprint density at radius 2 is 1.69 bits per heavy atom. The number of amides is 1. The number of halogens is 1. The second-order valence-electron chi connectivity index (χ2n) is 9.25. The molecule has 1 fully saturated rings. The Kier molecular flexibility index (Phi) is 6.91. The SMILES string of the molecule is CS(=O)(=O)c1ccccc1-c1ccc(N2CCCC(F)(c3cc(-c4ccccn4)sc3S(N)(=O)=O)C2=O)cc1. The molecule has 1 saturated heterocycles. The van der Waals surface area contributed by atoms with Crippen molar-refractivity contribution >= 4 is 42.8 Å². The van der Waals surface area contributed by atoms with Gasteiger partial charge in [-0.25, -0.2) is 26.4 Å². The quantitative estimate of drug-likeness (QED) is 0.355. The highest BCUT2D eigenvalue weighted by Gasteiger charge is 2.49. The fourth-order valence-corrected chi connectivity index (χ4v) is 7.85. The highest BCUT2D eigenvalue weighted by molar-refractivity contribution is 7.91. The van der Waals surface area contributed by atoms with Crippen LogP contribution in [0.2, 0.25) is 0 Å². The number of hydrogen-bond donors (Lipinski definition) is 1.